The highest BCUT2D eigenvalue weighted by Crippen LogP contribution is 2.21. The molecule has 0 aliphatic carbocycles. The fourth-order valence-corrected chi connectivity index (χ4v) is 3.08. The van der Waals surface area contributed by atoms with Crippen molar-refractivity contribution in [3.8, 4) is 5.75 Å². The predicted octanol–water partition coefficient (Wildman–Crippen LogP) is 0.0849. The molecular weight excluding hydrogens is 334 g/mol. The zero-order valence-corrected chi connectivity index (χ0v) is 14.3. The lowest BCUT2D eigenvalue weighted by atomic mass is 10.2. The van der Waals surface area contributed by atoms with Gasteiger partial charge >= 0.3 is 0 Å². The number of methoxy groups -OCH3 is 1. The van der Waals surface area contributed by atoms with Gasteiger partial charge in [-0.3, -0.25) is 9.59 Å². The monoisotopic (exact) mass is 355 g/mol. The number of likely N-dealkylation sites (tertiary alicyclic amines) is 1. The van der Waals surface area contributed by atoms with Crippen LogP contribution in [0.5, 0.6) is 5.75 Å². The largest absolute Gasteiger partial charge is 0.496 e. The fraction of sp³-hybridized carbons (Fsp3) is 0.467. The summed E-state index contributed by atoms with van der Waals surface area (Å²) in [7, 11) is -2.55. The van der Waals surface area contributed by atoms with Crippen LogP contribution in [0.15, 0.2) is 23.1 Å². The number of nitrogens with zero attached hydrogens (tertiary/aromatic N) is 1. The van der Waals surface area contributed by atoms with Crippen LogP contribution in [-0.4, -0.2) is 51.9 Å². The Balaban J connectivity index is 2.01. The van der Waals surface area contributed by atoms with Crippen molar-refractivity contribution in [2.45, 2.75) is 24.2 Å². The van der Waals surface area contributed by atoms with Crippen LogP contribution in [0.1, 0.15) is 29.6 Å². The average Bonchev–Trinajstić information content (AvgIpc) is 3.07. The van der Waals surface area contributed by atoms with Crippen molar-refractivity contribution in [2.75, 3.05) is 26.7 Å². The molecule has 0 radical (unpaired) electrons. The Labute approximate surface area is 141 Å². The summed E-state index contributed by atoms with van der Waals surface area (Å²) in [6.07, 6.45) is 2.22. The first kappa shape index (κ1) is 18.2. The zero-order valence-electron chi connectivity index (χ0n) is 13.4. The number of carbonyl (C=O) groups is 2. The number of nitrogens with one attached hydrogen (secondary N) is 1. The Bertz CT molecular complexity index is 727. The van der Waals surface area contributed by atoms with Gasteiger partial charge in [-0.2, -0.15) is 0 Å². The molecule has 2 amide bonds. The number of primary sulfonamides is 1. The summed E-state index contributed by atoms with van der Waals surface area (Å²) >= 11 is 0. The molecule has 0 spiro atoms. The third kappa shape index (κ3) is 4.45. The summed E-state index contributed by atoms with van der Waals surface area (Å²) in [6, 6.07) is 3.79. The molecule has 1 heterocycles. The second kappa shape index (κ2) is 7.63. The Morgan fingerprint density at radius 2 is 1.96 bits per heavy atom. The van der Waals surface area contributed by atoms with E-state index in [1.807, 2.05) is 0 Å². The number of amides is 2. The third-order valence-corrected chi connectivity index (χ3v) is 4.74. The quantitative estimate of drug-likeness (QED) is 0.749. The topological polar surface area (TPSA) is 119 Å². The molecule has 1 aromatic rings. The van der Waals surface area contributed by atoms with E-state index >= 15 is 0 Å². The van der Waals surface area contributed by atoms with E-state index in [-0.39, 0.29) is 35.1 Å². The molecule has 1 saturated heterocycles. The Morgan fingerprint density at radius 1 is 1.29 bits per heavy atom. The second-order valence-electron chi connectivity index (χ2n) is 5.50. The van der Waals surface area contributed by atoms with Gasteiger partial charge in [0.05, 0.1) is 17.6 Å². The van der Waals surface area contributed by atoms with Gasteiger partial charge in [0.1, 0.15) is 5.75 Å². The minimum Gasteiger partial charge on any atom is -0.496 e. The highest BCUT2D eigenvalue weighted by molar-refractivity contribution is 7.89. The molecule has 132 valence electrons. The van der Waals surface area contributed by atoms with Gasteiger partial charge in [-0.05, 0) is 31.0 Å². The molecule has 0 atom stereocenters. The van der Waals surface area contributed by atoms with Gasteiger partial charge in [-0.25, -0.2) is 13.6 Å². The van der Waals surface area contributed by atoms with Gasteiger partial charge in [0, 0.05) is 26.1 Å². The summed E-state index contributed by atoms with van der Waals surface area (Å²) in [5.41, 5.74) is 0.0534. The highest BCUT2D eigenvalue weighted by Gasteiger charge is 2.19. The summed E-state index contributed by atoms with van der Waals surface area (Å²) in [6.45, 7) is 1.69. The summed E-state index contributed by atoms with van der Waals surface area (Å²) in [5, 5.41) is 7.68. The number of sulfonamides is 1. The van der Waals surface area contributed by atoms with Gasteiger partial charge in [0.2, 0.25) is 15.9 Å². The number of hydrogen-bond donors (Lipinski definition) is 2. The van der Waals surface area contributed by atoms with Gasteiger partial charge in [-0.15, -0.1) is 0 Å². The van der Waals surface area contributed by atoms with E-state index in [1.54, 1.807) is 4.90 Å². The van der Waals surface area contributed by atoms with Crippen molar-refractivity contribution in [1.82, 2.24) is 10.2 Å². The molecule has 0 bridgehead atoms. The molecule has 0 saturated carbocycles. The fourth-order valence-electron chi connectivity index (χ4n) is 2.54. The van der Waals surface area contributed by atoms with Crippen LogP contribution >= 0.6 is 0 Å². The smallest absolute Gasteiger partial charge is 0.255 e. The maximum atomic E-state index is 12.3. The minimum absolute atomic E-state index is 0.00180. The molecule has 1 aromatic carbocycles. The average molecular weight is 355 g/mol. The molecule has 8 nitrogen and oxygen atoms in total. The second-order valence-corrected chi connectivity index (χ2v) is 7.06. The number of nitrogens with two attached hydrogens (primary N) is 1. The maximum Gasteiger partial charge on any atom is 0.255 e. The van der Waals surface area contributed by atoms with E-state index in [0.717, 1.165) is 32.0 Å². The van der Waals surface area contributed by atoms with Crippen molar-refractivity contribution in [2.24, 2.45) is 5.14 Å². The van der Waals surface area contributed by atoms with Crippen LogP contribution in [0.2, 0.25) is 0 Å². The number of ether oxygens (including phenoxy) is 1. The van der Waals surface area contributed by atoms with Crippen LogP contribution < -0.4 is 15.2 Å². The molecule has 9 heteroatoms. The van der Waals surface area contributed by atoms with E-state index in [1.165, 1.54) is 19.2 Å². The van der Waals surface area contributed by atoms with Crippen LogP contribution in [0, 0.1) is 0 Å². The van der Waals surface area contributed by atoms with E-state index in [0.29, 0.717) is 0 Å². The molecule has 0 aromatic heterocycles. The Kier molecular flexibility index (Phi) is 5.79. The first-order valence-electron chi connectivity index (χ1n) is 7.59. The van der Waals surface area contributed by atoms with Crippen LogP contribution in [0.3, 0.4) is 0 Å². The number of benzene rings is 1. The predicted molar refractivity (Wildman–Crippen MR) is 87.1 cm³/mol. The molecular formula is C15H21N3O5S. The summed E-state index contributed by atoms with van der Waals surface area (Å²) in [5.74, 6) is -0.296. The summed E-state index contributed by atoms with van der Waals surface area (Å²) in [4.78, 5) is 25.8. The van der Waals surface area contributed by atoms with Crippen molar-refractivity contribution in [3.63, 3.8) is 0 Å². The minimum atomic E-state index is -3.93. The Morgan fingerprint density at radius 3 is 2.54 bits per heavy atom. The maximum absolute atomic E-state index is 12.3. The standard InChI is InChI=1S/C15H21N3O5S/c1-23-13-5-4-11(24(16,21)22)10-12(13)15(20)17-7-6-14(19)18-8-2-3-9-18/h4-5,10H,2-3,6-9H2,1H3,(H,17,20)(H2,16,21,22). The molecule has 1 fully saturated rings. The van der Waals surface area contributed by atoms with Crippen molar-refractivity contribution in [3.05, 3.63) is 23.8 Å². The van der Waals surface area contributed by atoms with Gasteiger partial charge < -0.3 is 15.0 Å². The zero-order chi connectivity index (χ0) is 17.7. The van der Waals surface area contributed by atoms with Crippen LogP contribution in [0.4, 0.5) is 0 Å². The summed E-state index contributed by atoms with van der Waals surface area (Å²) < 4.78 is 27.9. The molecule has 3 N–H and O–H groups in total. The van der Waals surface area contributed by atoms with E-state index in [9.17, 15) is 18.0 Å². The molecule has 1 aliphatic rings. The Hall–Kier alpha value is -2.13. The number of carbonyl (C=O) groups excluding carboxylic acids is 2. The van der Waals surface area contributed by atoms with E-state index < -0.39 is 15.9 Å². The molecule has 1 aliphatic heterocycles. The third-order valence-electron chi connectivity index (χ3n) is 3.83. The molecule has 2 rings (SSSR count). The van der Waals surface area contributed by atoms with Gasteiger partial charge in [-0.1, -0.05) is 0 Å². The van der Waals surface area contributed by atoms with Crippen LogP contribution in [0.25, 0.3) is 0 Å². The first-order chi connectivity index (χ1) is 11.3. The molecule has 24 heavy (non-hydrogen) atoms. The van der Waals surface area contributed by atoms with Crippen LogP contribution in [-0.2, 0) is 14.8 Å². The highest BCUT2D eigenvalue weighted by atomic mass is 32.2. The lowest BCUT2D eigenvalue weighted by Crippen LogP contribution is -2.32. The first-order valence-corrected chi connectivity index (χ1v) is 9.14. The number of hydrogen-bond acceptors (Lipinski definition) is 5. The van der Waals surface area contributed by atoms with Crippen molar-refractivity contribution < 1.29 is 22.7 Å². The van der Waals surface area contributed by atoms with Crippen molar-refractivity contribution in [1.29, 1.82) is 0 Å². The van der Waals surface area contributed by atoms with E-state index in [2.05, 4.69) is 5.32 Å². The number of rotatable bonds is 6. The normalized spacial score (nSPS) is 14.5. The van der Waals surface area contributed by atoms with Crippen molar-refractivity contribution >= 4 is 21.8 Å². The van der Waals surface area contributed by atoms with Gasteiger partial charge in [0.15, 0.2) is 0 Å². The lowest BCUT2D eigenvalue weighted by Gasteiger charge is -2.15. The van der Waals surface area contributed by atoms with E-state index in [4.69, 9.17) is 9.88 Å². The molecule has 0 unspecified atom stereocenters. The lowest BCUT2D eigenvalue weighted by molar-refractivity contribution is -0.129. The van der Waals surface area contributed by atoms with Gasteiger partial charge in [0.25, 0.3) is 5.91 Å². The SMILES string of the molecule is COc1ccc(S(N)(=O)=O)cc1C(=O)NCCC(=O)N1CCCC1.